The summed E-state index contributed by atoms with van der Waals surface area (Å²) in [6, 6.07) is 6.30. The molecule has 3 saturated heterocycles. The van der Waals surface area contributed by atoms with E-state index in [1.807, 2.05) is 4.90 Å². The first-order valence-corrected chi connectivity index (χ1v) is 15.8. The van der Waals surface area contributed by atoms with Gasteiger partial charge in [0.2, 0.25) is 0 Å². The number of hydrogen-bond acceptors (Lipinski definition) is 9. The van der Waals surface area contributed by atoms with Crippen molar-refractivity contribution in [3.05, 3.63) is 51.6 Å². The molecule has 242 valence electrons. The quantitative estimate of drug-likeness (QED) is 0.282. The lowest BCUT2D eigenvalue weighted by Crippen LogP contribution is -2.37. The lowest BCUT2D eigenvalue weighted by Gasteiger charge is -2.33. The number of alkyl halides is 1. The number of hydrogen-bond donors (Lipinski definition) is 2. The number of terminal acetylenes is 1. The number of piperidine rings is 1. The lowest BCUT2D eigenvalue weighted by atomic mass is 9.94. The molecular weight excluding hydrogens is 594 g/mol. The van der Waals surface area contributed by atoms with Crippen molar-refractivity contribution in [1.82, 2.24) is 14.9 Å². The zero-order chi connectivity index (χ0) is 32.5. The normalized spacial score (nSPS) is 21.2. The minimum Gasteiger partial charge on any atom is -0.508 e. The molecule has 3 unspecified atom stereocenters. The van der Waals surface area contributed by atoms with E-state index in [-0.39, 0.29) is 46.6 Å². The van der Waals surface area contributed by atoms with Gasteiger partial charge in [-0.1, -0.05) is 12.0 Å². The van der Waals surface area contributed by atoms with Gasteiger partial charge in [-0.05, 0) is 81.5 Å². The minimum absolute atomic E-state index is 0.00107. The number of aromatic hydroxyl groups is 1. The largest absolute Gasteiger partial charge is 0.508 e. The number of benzene rings is 2. The number of fused-ring (bicyclic) bond motifs is 3. The summed E-state index contributed by atoms with van der Waals surface area (Å²) in [5.74, 6) is 2.47. The number of aliphatic hydroxyl groups excluding tert-OH is 1. The molecule has 11 heteroatoms. The summed E-state index contributed by atoms with van der Waals surface area (Å²) in [4.78, 5) is 26.8. The highest BCUT2D eigenvalue weighted by molar-refractivity contribution is 6.03. The van der Waals surface area contributed by atoms with Crippen LogP contribution in [0.15, 0.2) is 33.5 Å². The third-order valence-corrected chi connectivity index (χ3v) is 9.40. The molecular formula is C35H38F2N4O5. The minimum atomic E-state index is -0.673. The van der Waals surface area contributed by atoms with Gasteiger partial charge in [0, 0.05) is 48.8 Å². The summed E-state index contributed by atoms with van der Waals surface area (Å²) < 4.78 is 38.5. The van der Waals surface area contributed by atoms with Gasteiger partial charge in [0.1, 0.15) is 28.9 Å². The third kappa shape index (κ3) is 5.99. The van der Waals surface area contributed by atoms with Crippen LogP contribution in [0.2, 0.25) is 0 Å². The van der Waals surface area contributed by atoms with E-state index in [0.717, 1.165) is 25.8 Å². The molecule has 2 aromatic heterocycles. The van der Waals surface area contributed by atoms with Crippen LogP contribution in [0.5, 0.6) is 11.8 Å². The molecule has 3 atom stereocenters. The number of aromatic nitrogens is 2. The maximum Gasteiger partial charge on any atom is 0.349 e. The van der Waals surface area contributed by atoms with Gasteiger partial charge in [0.25, 0.3) is 0 Å². The predicted octanol–water partition coefficient (Wildman–Crippen LogP) is 5.34. The Morgan fingerprint density at radius 1 is 1.15 bits per heavy atom. The highest BCUT2D eigenvalue weighted by Crippen LogP contribution is 2.39. The van der Waals surface area contributed by atoms with Crippen LogP contribution in [0.25, 0.3) is 33.0 Å². The summed E-state index contributed by atoms with van der Waals surface area (Å²) >= 11 is 0. The van der Waals surface area contributed by atoms with Crippen LogP contribution in [0.3, 0.4) is 0 Å². The number of methoxy groups -OCH3 is 1. The van der Waals surface area contributed by atoms with Crippen LogP contribution >= 0.6 is 0 Å². The zero-order valence-electron chi connectivity index (χ0n) is 26.1. The molecule has 46 heavy (non-hydrogen) atoms. The molecule has 0 amide bonds. The van der Waals surface area contributed by atoms with E-state index in [1.54, 1.807) is 6.92 Å². The topological polar surface area (TPSA) is 112 Å². The molecule has 3 aliphatic heterocycles. The van der Waals surface area contributed by atoms with Crippen molar-refractivity contribution < 1.29 is 28.1 Å². The maximum atomic E-state index is 14.6. The SMILES string of the molecule is C#Cc1c(F)ccc2cc(O)cc(-c3oc(=O)c4c(N5CCCC(CCO)C5)nc(OC)nc4c3C)c12.FC1CC2CCCN2C1. The molecule has 0 radical (unpaired) electrons. The van der Waals surface area contributed by atoms with Crippen molar-refractivity contribution in [3.8, 4) is 35.4 Å². The Hall–Kier alpha value is -4.27. The second-order valence-corrected chi connectivity index (χ2v) is 12.3. The smallest absolute Gasteiger partial charge is 0.349 e. The summed E-state index contributed by atoms with van der Waals surface area (Å²) in [5.41, 5.74) is 0.415. The Labute approximate surface area is 265 Å². The predicted molar refractivity (Wildman–Crippen MR) is 173 cm³/mol. The van der Waals surface area contributed by atoms with E-state index >= 15 is 0 Å². The van der Waals surface area contributed by atoms with E-state index in [4.69, 9.17) is 15.6 Å². The molecule has 0 spiro atoms. The van der Waals surface area contributed by atoms with Crippen molar-refractivity contribution >= 4 is 27.5 Å². The Bertz CT molecular complexity index is 1860. The van der Waals surface area contributed by atoms with Gasteiger partial charge in [0.05, 0.1) is 18.2 Å². The highest BCUT2D eigenvalue weighted by atomic mass is 19.1. The number of ether oxygens (including phenoxy) is 1. The monoisotopic (exact) mass is 632 g/mol. The van der Waals surface area contributed by atoms with Crippen molar-refractivity contribution in [1.29, 1.82) is 0 Å². The van der Waals surface area contributed by atoms with Gasteiger partial charge in [-0.3, -0.25) is 4.90 Å². The molecule has 2 aromatic carbocycles. The Kier molecular flexibility index (Phi) is 9.11. The number of anilines is 1. The van der Waals surface area contributed by atoms with Gasteiger partial charge in [-0.25, -0.2) is 13.6 Å². The second kappa shape index (κ2) is 13.2. The molecule has 0 aliphatic carbocycles. The van der Waals surface area contributed by atoms with E-state index < -0.39 is 17.6 Å². The number of rotatable bonds is 5. The maximum absolute atomic E-state index is 14.6. The van der Waals surface area contributed by atoms with Crippen LogP contribution in [-0.2, 0) is 0 Å². The molecule has 3 aliphatic rings. The average molecular weight is 633 g/mol. The highest BCUT2D eigenvalue weighted by Gasteiger charge is 2.34. The Balaban J connectivity index is 0.000000352. The number of nitrogens with zero attached hydrogens (tertiary/aromatic N) is 4. The average Bonchev–Trinajstić information content (AvgIpc) is 3.63. The first-order chi connectivity index (χ1) is 22.2. The van der Waals surface area contributed by atoms with Crippen LogP contribution in [-0.4, -0.2) is 77.2 Å². The number of phenols is 1. The van der Waals surface area contributed by atoms with Gasteiger partial charge >= 0.3 is 11.6 Å². The second-order valence-electron chi connectivity index (χ2n) is 12.3. The van der Waals surface area contributed by atoms with E-state index in [9.17, 15) is 23.8 Å². The van der Waals surface area contributed by atoms with Crippen molar-refractivity contribution in [2.24, 2.45) is 5.92 Å². The molecule has 2 N–H and O–H groups in total. The van der Waals surface area contributed by atoms with Crippen LogP contribution in [0, 0.1) is 31.0 Å². The van der Waals surface area contributed by atoms with Crippen LogP contribution < -0.4 is 15.3 Å². The van der Waals surface area contributed by atoms with Crippen molar-refractivity contribution in [2.75, 3.05) is 44.8 Å². The lowest BCUT2D eigenvalue weighted by molar-refractivity contribution is 0.244. The fourth-order valence-corrected chi connectivity index (χ4v) is 7.24. The number of halogens is 2. The van der Waals surface area contributed by atoms with E-state index in [1.165, 1.54) is 44.2 Å². The van der Waals surface area contributed by atoms with Gasteiger partial charge in [-0.15, -0.1) is 6.42 Å². The third-order valence-electron chi connectivity index (χ3n) is 9.40. The van der Waals surface area contributed by atoms with Crippen molar-refractivity contribution in [3.63, 3.8) is 0 Å². The van der Waals surface area contributed by atoms with Gasteiger partial charge < -0.3 is 24.3 Å². The Morgan fingerprint density at radius 3 is 2.70 bits per heavy atom. The van der Waals surface area contributed by atoms with Gasteiger partial charge in [0.15, 0.2) is 5.82 Å². The summed E-state index contributed by atoms with van der Waals surface area (Å²) in [5, 5.41) is 20.9. The van der Waals surface area contributed by atoms with E-state index in [0.29, 0.717) is 59.8 Å². The molecule has 7 rings (SSSR count). The molecule has 0 saturated carbocycles. The molecule has 9 nitrogen and oxygen atoms in total. The Morgan fingerprint density at radius 2 is 1.96 bits per heavy atom. The molecule has 0 bridgehead atoms. The summed E-state index contributed by atoms with van der Waals surface area (Å²) in [6.07, 6.45) is 11.0. The molecule has 5 heterocycles. The molecule has 3 fully saturated rings. The fourth-order valence-electron chi connectivity index (χ4n) is 7.24. The zero-order valence-corrected chi connectivity index (χ0v) is 26.1. The first kappa shape index (κ1) is 31.7. The van der Waals surface area contributed by atoms with Crippen molar-refractivity contribution in [2.45, 2.75) is 57.7 Å². The first-order valence-electron chi connectivity index (χ1n) is 15.8. The standard InChI is InChI=1S/C28H26FN3O5.C7H12FN/c1-4-19-21(29)8-7-17-12-18(34)13-20(22(17)19)25-15(2)24-23(27(35)37-25)26(31-28(30-24)36-3)32-10-5-6-16(14-32)9-11-33;8-6-4-7-2-1-3-9(7)5-6/h1,7-8,12-13,16,33-34H,5-6,9-11,14H2,2-3H3;6-7H,1-5H2. The number of aryl methyl sites for hydroxylation is 1. The summed E-state index contributed by atoms with van der Waals surface area (Å²) in [7, 11) is 1.45. The van der Waals surface area contributed by atoms with Crippen LogP contribution in [0.4, 0.5) is 14.6 Å². The van der Waals surface area contributed by atoms with E-state index in [2.05, 4.69) is 20.8 Å². The number of phenolic OH excluding ortho intramolecular Hbond substituents is 1. The number of aliphatic hydroxyl groups is 1. The summed E-state index contributed by atoms with van der Waals surface area (Å²) in [6.45, 7) is 4.98. The molecule has 4 aromatic rings. The fraction of sp³-hybridized carbons (Fsp3) is 0.457. The van der Waals surface area contributed by atoms with Crippen LogP contribution in [0.1, 0.15) is 49.7 Å². The van der Waals surface area contributed by atoms with Gasteiger partial charge in [-0.2, -0.15) is 9.97 Å².